The van der Waals surface area contributed by atoms with Crippen LogP contribution in [-0.2, 0) is 21.4 Å². The number of aromatic nitrogens is 2. The predicted molar refractivity (Wildman–Crippen MR) is 129 cm³/mol. The summed E-state index contributed by atoms with van der Waals surface area (Å²) in [6.45, 7) is 3.44. The quantitative estimate of drug-likeness (QED) is 0.481. The molecule has 170 valence electrons. The van der Waals surface area contributed by atoms with Crippen LogP contribution < -0.4 is 5.32 Å². The van der Waals surface area contributed by atoms with Crippen molar-refractivity contribution in [1.82, 2.24) is 14.1 Å². The van der Waals surface area contributed by atoms with Crippen LogP contribution in [0, 0.1) is 5.92 Å². The van der Waals surface area contributed by atoms with Crippen LogP contribution in [-0.4, -0.2) is 41.5 Å². The van der Waals surface area contributed by atoms with E-state index in [4.69, 9.17) is 0 Å². The molecule has 0 atom stereocenters. The number of sulfonamides is 1. The summed E-state index contributed by atoms with van der Waals surface area (Å²) in [6.07, 6.45) is 2.80. The Labute approximate surface area is 193 Å². The van der Waals surface area contributed by atoms with Crippen molar-refractivity contribution in [3.05, 3.63) is 66.9 Å². The van der Waals surface area contributed by atoms with Gasteiger partial charge in [0, 0.05) is 36.6 Å². The lowest BCUT2D eigenvalue weighted by molar-refractivity contribution is -0.120. The molecule has 33 heavy (non-hydrogen) atoms. The van der Waals surface area contributed by atoms with Crippen molar-refractivity contribution in [2.75, 3.05) is 18.4 Å². The highest BCUT2D eigenvalue weighted by Crippen LogP contribution is 2.27. The Kier molecular flexibility index (Phi) is 5.64. The van der Waals surface area contributed by atoms with Crippen LogP contribution in [0.3, 0.4) is 0 Å². The number of amides is 1. The van der Waals surface area contributed by atoms with E-state index in [9.17, 15) is 13.2 Å². The Balaban J connectivity index is 1.25. The molecule has 0 aliphatic carbocycles. The minimum atomic E-state index is -3.60. The van der Waals surface area contributed by atoms with Gasteiger partial charge in [0.1, 0.15) is 0 Å². The maximum Gasteiger partial charge on any atom is 0.243 e. The summed E-state index contributed by atoms with van der Waals surface area (Å²) < 4.78 is 29.7. The molecule has 8 heteroatoms. The molecule has 0 bridgehead atoms. The Bertz CT molecular complexity index is 1440. The van der Waals surface area contributed by atoms with Gasteiger partial charge in [-0.05, 0) is 60.9 Å². The summed E-state index contributed by atoms with van der Waals surface area (Å²) in [5.41, 5.74) is 1.71. The second kappa shape index (κ2) is 8.61. The maximum atomic E-state index is 13.2. The first-order valence-corrected chi connectivity index (χ1v) is 12.6. The van der Waals surface area contributed by atoms with Crippen molar-refractivity contribution in [2.24, 2.45) is 5.92 Å². The van der Waals surface area contributed by atoms with Gasteiger partial charge in [0.05, 0.1) is 16.6 Å². The minimum Gasteiger partial charge on any atom is -0.326 e. The number of hydrogen-bond donors (Lipinski definition) is 1. The molecule has 4 aromatic rings. The fraction of sp³-hybridized carbons (Fsp3) is 0.280. The third kappa shape index (κ3) is 4.12. The van der Waals surface area contributed by atoms with Crippen molar-refractivity contribution in [1.29, 1.82) is 0 Å². The standard InChI is InChI=1S/C25H26N4O3S/c1-2-29-24-16-22(9-7-21(24)17-26-29)27-25(30)19-11-13-28(14-12-19)33(31,32)23-10-8-18-5-3-4-6-20(18)15-23/h3-10,15-17,19H,2,11-14H2,1H3,(H,27,30). The van der Waals surface area contributed by atoms with Gasteiger partial charge in [-0.25, -0.2) is 8.42 Å². The zero-order valence-electron chi connectivity index (χ0n) is 18.4. The normalized spacial score (nSPS) is 15.8. The fourth-order valence-electron chi connectivity index (χ4n) is 4.48. The van der Waals surface area contributed by atoms with E-state index < -0.39 is 10.0 Å². The zero-order valence-corrected chi connectivity index (χ0v) is 19.3. The summed E-state index contributed by atoms with van der Waals surface area (Å²) in [5, 5.41) is 10.3. The molecule has 0 radical (unpaired) electrons. The van der Waals surface area contributed by atoms with Crippen LogP contribution in [0.4, 0.5) is 5.69 Å². The molecule has 1 fully saturated rings. The highest BCUT2D eigenvalue weighted by molar-refractivity contribution is 7.89. The van der Waals surface area contributed by atoms with Gasteiger partial charge >= 0.3 is 0 Å². The molecule has 5 rings (SSSR count). The van der Waals surface area contributed by atoms with E-state index in [0.717, 1.165) is 33.9 Å². The number of hydrogen-bond acceptors (Lipinski definition) is 4. The van der Waals surface area contributed by atoms with Gasteiger partial charge in [-0.3, -0.25) is 9.48 Å². The number of nitrogens with zero attached hydrogens (tertiary/aromatic N) is 3. The van der Waals surface area contributed by atoms with Gasteiger partial charge in [-0.1, -0.05) is 30.3 Å². The number of rotatable bonds is 5. The van der Waals surface area contributed by atoms with Crippen LogP contribution >= 0.6 is 0 Å². The molecular formula is C25H26N4O3S. The molecule has 1 aromatic heterocycles. The Morgan fingerprint density at radius 3 is 2.48 bits per heavy atom. The molecule has 3 aromatic carbocycles. The first kappa shape index (κ1) is 21.6. The number of benzene rings is 3. The number of carbonyl (C=O) groups excluding carboxylic acids is 1. The van der Waals surface area contributed by atoms with E-state index in [1.54, 1.807) is 12.1 Å². The molecular weight excluding hydrogens is 436 g/mol. The van der Waals surface area contributed by atoms with Crippen LogP contribution in [0.1, 0.15) is 19.8 Å². The summed E-state index contributed by atoms with van der Waals surface area (Å²) >= 11 is 0. The largest absolute Gasteiger partial charge is 0.326 e. The number of anilines is 1. The fourth-order valence-corrected chi connectivity index (χ4v) is 5.99. The van der Waals surface area contributed by atoms with Gasteiger partial charge in [0.25, 0.3) is 0 Å². The zero-order chi connectivity index (χ0) is 23.0. The Morgan fingerprint density at radius 1 is 1.00 bits per heavy atom. The van der Waals surface area contributed by atoms with Gasteiger partial charge in [-0.2, -0.15) is 9.40 Å². The molecule has 0 spiro atoms. The van der Waals surface area contributed by atoms with Crippen molar-refractivity contribution in [2.45, 2.75) is 31.2 Å². The first-order chi connectivity index (χ1) is 16.0. The highest BCUT2D eigenvalue weighted by atomic mass is 32.2. The van der Waals surface area contributed by atoms with E-state index in [0.29, 0.717) is 30.8 Å². The topological polar surface area (TPSA) is 84.3 Å². The van der Waals surface area contributed by atoms with Crippen LogP contribution in [0.2, 0.25) is 0 Å². The van der Waals surface area contributed by atoms with Gasteiger partial charge in [0.2, 0.25) is 15.9 Å². The van der Waals surface area contributed by atoms with Crippen LogP contribution in [0.5, 0.6) is 0 Å². The number of carbonyl (C=O) groups is 1. The van der Waals surface area contributed by atoms with Crippen molar-refractivity contribution >= 4 is 43.3 Å². The number of aryl methyl sites for hydroxylation is 1. The van der Waals surface area contributed by atoms with E-state index in [2.05, 4.69) is 10.4 Å². The van der Waals surface area contributed by atoms with Crippen molar-refractivity contribution < 1.29 is 13.2 Å². The third-order valence-electron chi connectivity index (χ3n) is 6.40. The third-order valence-corrected chi connectivity index (χ3v) is 8.29. The van der Waals surface area contributed by atoms with E-state index in [1.807, 2.05) is 66.3 Å². The molecule has 7 nitrogen and oxygen atoms in total. The Morgan fingerprint density at radius 2 is 1.73 bits per heavy atom. The number of fused-ring (bicyclic) bond motifs is 2. The van der Waals surface area contributed by atoms with Crippen LogP contribution in [0.25, 0.3) is 21.7 Å². The second-order valence-electron chi connectivity index (χ2n) is 8.41. The van der Waals surface area contributed by atoms with Crippen molar-refractivity contribution in [3.63, 3.8) is 0 Å². The summed E-state index contributed by atoms with van der Waals surface area (Å²) in [5.74, 6) is -0.292. The molecule has 0 saturated carbocycles. The molecule has 0 unspecified atom stereocenters. The van der Waals surface area contributed by atoms with E-state index >= 15 is 0 Å². The summed E-state index contributed by atoms with van der Waals surface area (Å²) in [6, 6.07) is 18.7. The lowest BCUT2D eigenvalue weighted by Gasteiger charge is -2.30. The van der Waals surface area contributed by atoms with Gasteiger partial charge < -0.3 is 5.32 Å². The van der Waals surface area contributed by atoms with Crippen LogP contribution in [0.15, 0.2) is 71.8 Å². The lowest BCUT2D eigenvalue weighted by Crippen LogP contribution is -2.41. The molecule has 1 amide bonds. The molecule has 1 saturated heterocycles. The van der Waals surface area contributed by atoms with E-state index in [1.165, 1.54) is 4.31 Å². The monoisotopic (exact) mass is 462 g/mol. The van der Waals surface area contributed by atoms with E-state index in [-0.39, 0.29) is 11.8 Å². The average Bonchev–Trinajstić information content (AvgIpc) is 3.26. The molecule has 1 aliphatic heterocycles. The highest BCUT2D eigenvalue weighted by Gasteiger charge is 2.32. The predicted octanol–water partition coefficient (Wildman–Crippen LogP) is 4.25. The number of nitrogens with one attached hydrogen (secondary N) is 1. The molecule has 1 N–H and O–H groups in total. The lowest BCUT2D eigenvalue weighted by atomic mass is 9.97. The molecule has 1 aliphatic rings. The minimum absolute atomic E-state index is 0.0698. The summed E-state index contributed by atoms with van der Waals surface area (Å²) in [4.78, 5) is 13.2. The molecule has 2 heterocycles. The van der Waals surface area contributed by atoms with Gasteiger partial charge in [-0.15, -0.1) is 0 Å². The van der Waals surface area contributed by atoms with Gasteiger partial charge in [0.15, 0.2) is 0 Å². The smallest absolute Gasteiger partial charge is 0.243 e. The maximum absolute atomic E-state index is 13.2. The second-order valence-corrected chi connectivity index (χ2v) is 10.3. The Hall–Kier alpha value is -3.23. The number of piperidine rings is 1. The SMILES string of the molecule is CCn1ncc2ccc(NC(=O)C3CCN(S(=O)(=O)c4ccc5ccccc5c4)CC3)cc21. The van der Waals surface area contributed by atoms with Crippen molar-refractivity contribution in [3.8, 4) is 0 Å². The first-order valence-electron chi connectivity index (χ1n) is 11.2. The average molecular weight is 463 g/mol. The summed E-state index contributed by atoms with van der Waals surface area (Å²) in [7, 11) is -3.60.